The number of anilines is 2. The molecule has 2 aromatic carbocycles. The molecule has 242 valence electrons. The average Bonchev–Trinajstić information content (AvgIpc) is 3.33. The van der Waals surface area contributed by atoms with Gasteiger partial charge in [-0.2, -0.15) is 13.2 Å². The van der Waals surface area contributed by atoms with Gasteiger partial charge in [-0.25, -0.2) is 0 Å². The van der Waals surface area contributed by atoms with Crippen LogP contribution < -0.4 is 10.6 Å². The Morgan fingerprint density at radius 1 is 1.00 bits per heavy atom. The highest BCUT2D eigenvalue weighted by Gasteiger charge is 2.31. The zero-order valence-electron chi connectivity index (χ0n) is 26.9. The van der Waals surface area contributed by atoms with Crippen LogP contribution in [0, 0.1) is 24.7 Å². The van der Waals surface area contributed by atoms with Gasteiger partial charge in [-0.15, -0.1) is 0 Å². The third-order valence-electron chi connectivity index (χ3n) is 7.53. The third-order valence-corrected chi connectivity index (χ3v) is 7.53. The van der Waals surface area contributed by atoms with Crippen molar-refractivity contribution in [3.8, 4) is 11.8 Å². The minimum atomic E-state index is -4.37. The van der Waals surface area contributed by atoms with Gasteiger partial charge in [0.25, 0.3) is 0 Å². The summed E-state index contributed by atoms with van der Waals surface area (Å²) in [6, 6.07) is 15.4. The van der Waals surface area contributed by atoms with E-state index in [1.165, 1.54) is 4.57 Å². The first-order chi connectivity index (χ1) is 21.2. The van der Waals surface area contributed by atoms with Gasteiger partial charge in [0, 0.05) is 42.6 Å². The van der Waals surface area contributed by atoms with Gasteiger partial charge in [0.15, 0.2) is 0 Å². The number of nitrogens with zero attached hydrogens (tertiary/aromatic N) is 2. The lowest BCUT2D eigenvalue weighted by atomic mass is 9.89. The van der Waals surface area contributed by atoms with Crippen LogP contribution in [0.25, 0.3) is 10.9 Å². The molecule has 4 rings (SSSR count). The Morgan fingerprint density at radius 3 is 2.48 bits per heavy atom. The van der Waals surface area contributed by atoms with E-state index in [0.717, 1.165) is 61.3 Å². The zero-order valence-corrected chi connectivity index (χ0v) is 26.9. The van der Waals surface area contributed by atoms with Crippen molar-refractivity contribution in [1.29, 1.82) is 0 Å². The van der Waals surface area contributed by atoms with Crippen molar-refractivity contribution in [1.82, 2.24) is 9.47 Å². The maximum Gasteiger partial charge on any atom is 0.406 e. The van der Waals surface area contributed by atoms with E-state index < -0.39 is 12.7 Å². The molecule has 9 heteroatoms. The van der Waals surface area contributed by atoms with Crippen LogP contribution in [0.1, 0.15) is 51.3 Å². The molecule has 1 fully saturated rings. The van der Waals surface area contributed by atoms with Crippen LogP contribution in [0.5, 0.6) is 0 Å². The van der Waals surface area contributed by atoms with Gasteiger partial charge in [-0.3, -0.25) is 0 Å². The number of halogens is 3. The predicted octanol–water partition coefficient (Wildman–Crippen LogP) is 7.57. The highest BCUT2D eigenvalue weighted by atomic mass is 19.4. The minimum absolute atomic E-state index is 0.186. The minimum Gasteiger partial charge on any atom is -0.381 e. The number of nitrogens with one attached hydrogen (secondary N) is 2. The fourth-order valence-corrected chi connectivity index (χ4v) is 5.50. The number of fused-ring (bicyclic) bond motifs is 1. The Kier molecular flexibility index (Phi) is 14.4. The summed E-state index contributed by atoms with van der Waals surface area (Å²) in [5.41, 5.74) is 3.75. The summed E-state index contributed by atoms with van der Waals surface area (Å²) in [6.45, 7) is 11.8. The molecular weight excluding hydrogens is 565 g/mol. The Balaban J connectivity index is 0.00000259. The highest BCUT2D eigenvalue weighted by Crippen LogP contribution is 2.32. The lowest BCUT2D eigenvalue weighted by Crippen LogP contribution is -2.45. The number of aromatic nitrogens is 1. The Bertz CT molecular complexity index is 1350. The highest BCUT2D eigenvalue weighted by molar-refractivity contribution is 5.94. The number of likely N-dealkylation sites (tertiary alicyclic amines) is 1. The fourth-order valence-electron chi connectivity index (χ4n) is 5.50. The summed E-state index contributed by atoms with van der Waals surface area (Å²) in [5, 5.41) is 7.67. The molecule has 1 aliphatic rings. The van der Waals surface area contributed by atoms with E-state index in [9.17, 15) is 13.2 Å². The molecule has 0 spiro atoms. The number of hydrogen-bond acceptors (Lipinski definition) is 5. The number of ether oxygens (including phenoxy) is 2. The molecule has 1 saturated heterocycles. The topological polar surface area (TPSA) is 50.7 Å². The van der Waals surface area contributed by atoms with E-state index >= 15 is 0 Å². The first kappa shape index (κ1) is 35.3. The smallest absolute Gasteiger partial charge is 0.381 e. The molecule has 2 unspecified atom stereocenters. The molecule has 2 heterocycles. The number of benzene rings is 2. The van der Waals surface area contributed by atoms with Crippen LogP contribution >= 0.6 is 0 Å². The molecule has 0 amide bonds. The largest absolute Gasteiger partial charge is 0.406 e. The van der Waals surface area contributed by atoms with Gasteiger partial charge in [0.1, 0.15) is 6.54 Å². The second kappa shape index (κ2) is 17.9. The van der Waals surface area contributed by atoms with E-state index in [-0.39, 0.29) is 6.04 Å². The van der Waals surface area contributed by atoms with Crippen molar-refractivity contribution in [2.45, 2.75) is 65.7 Å². The molecule has 2 atom stereocenters. The summed E-state index contributed by atoms with van der Waals surface area (Å²) in [6.07, 6.45) is -1.54. The van der Waals surface area contributed by atoms with E-state index in [1.54, 1.807) is 12.1 Å². The summed E-state index contributed by atoms with van der Waals surface area (Å²) in [7, 11) is 2.12. The maximum atomic E-state index is 13.6. The normalized spacial score (nSPS) is 17.0. The third kappa shape index (κ3) is 11.1. The fraction of sp³-hybridized carbons (Fsp3) is 0.543. The van der Waals surface area contributed by atoms with Gasteiger partial charge < -0.3 is 29.6 Å². The Morgan fingerprint density at radius 2 is 1.75 bits per heavy atom. The van der Waals surface area contributed by atoms with Crippen molar-refractivity contribution in [2.75, 3.05) is 63.7 Å². The molecule has 0 aliphatic carbocycles. The molecule has 0 saturated carbocycles. The Hall–Kier alpha value is -3.19. The van der Waals surface area contributed by atoms with Crippen molar-refractivity contribution in [3.63, 3.8) is 0 Å². The first-order valence-electron chi connectivity index (χ1n) is 15.8. The van der Waals surface area contributed by atoms with Crippen molar-refractivity contribution in [3.05, 3.63) is 59.8 Å². The lowest BCUT2D eigenvalue weighted by molar-refractivity contribution is -0.140. The summed E-state index contributed by atoms with van der Waals surface area (Å²) in [5.74, 6) is 6.36. The average molecular weight is 615 g/mol. The van der Waals surface area contributed by atoms with Crippen molar-refractivity contribution >= 4 is 22.3 Å². The van der Waals surface area contributed by atoms with Gasteiger partial charge in [0.05, 0.1) is 31.0 Å². The number of piperidine rings is 1. The second-order valence-electron chi connectivity index (χ2n) is 11.1. The Labute approximate surface area is 261 Å². The molecule has 0 bridgehead atoms. The molecule has 2 N–H and O–H groups in total. The van der Waals surface area contributed by atoms with E-state index in [0.29, 0.717) is 43.5 Å². The molecule has 3 aromatic rings. The number of rotatable bonds is 13. The lowest BCUT2D eigenvalue weighted by Gasteiger charge is -2.38. The molecular formula is C35H49F3N4O2. The summed E-state index contributed by atoms with van der Waals surface area (Å²) >= 11 is 0. The summed E-state index contributed by atoms with van der Waals surface area (Å²) in [4.78, 5) is 2.33. The number of hydrogen-bond donors (Lipinski definition) is 2. The van der Waals surface area contributed by atoms with E-state index in [2.05, 4.69) is 41.3 Å². The van der Waals surface area contributed by atoms with Crippen LogP contribution in [-0.4, -0.2) is 74.8 Å². The van der Waals surface area contributed by atoms with Gasteiger partial charge in [-0.05, 0) is 87.5 Å². The van der Waals surface area contributed by atoms with Crippen LogP contribution in [0.2, 0.25) is 0 Å². The van der Waals surface area contributed by atoms with Gasteiger partial charge in [-0.1, -0.05) is 44.9 Å². The zero-order chi connectivity index (χ0) is 32.0. The number of aryl methyl sites for hydroxylation is 1. The van der Waals surface area contributed by atoms with E-state index in [1.807, 2.05) is 57.2 Å². The standard InChI is InChI=1S/C33H43F3N4O2.C2H6/c1-4-17-41-19-20-42-18-14-26-23-39(3)16-13-30(26)38-31-11-6-12-32-29(31)22-28(40(32)24-33(34,35)36)10-7-15-37-27-9-5-8-25(2)21-27;1-2/h5-6,8-9,11-12,21-22,26,30,37-38H,4,13-20,23-24H2,1-3H3;1-2H3. The SMILES string of the molecule is CC.CCCOCCOCCC1CN(C)CCC1Nc1cccc2c1cc(C#CCNc1cccc(C)c1)n2CC(F)(F)F. The van der Waals surface area contributed by atoms with E-state index in [4.69, 9.17) is 9.47 Å². The van der Waals surface area contributed by atoms with Crippen LogP contribution in [-0.2, 0) is 16.0 Å². The van der Waals surface area contributed by atoms with Crippen LogP contribution in [0.15, 0.2) is 48.5 Å². The van der Waals surface area contributed by atoms with Gasteiger partial charge >= 0.3 is 6.18 Å². The second-order valence-corrected chi connectivity index (χ2v) is 11.1. The van der Waals surface area contributed by atoms with Crippen LogP contribution in [0.4, 0.5) is 24.5 Å². The number of alkyl halides is 3. The maximum absolute atomic E-state index is 13.6. The first-order valence-corrected chi connectivity index (χ1v) is 15.8. The van der Waals surface area contributed by atoms with Gasteiger partial charge in [0.2, 0.25) is 0 Å². The molecule has 6 nitrogen and oxygen atoms in total. The van der Waals surface area contributed by atoms with Crippen LogP contribution in [0.3, 0.4) is 0 Å². The molecule has 1 aromatic heterocycles. The van der Waals surface area contributed by atoms with Crippen molar-refractivity contribution < 1.29 is 22.6 Å². The summed E-state index contributed by atoms with van der Waals surface area (Å²) < 4.78 is 53.6. The molecule has 0 radical (unpaired) electrons. The molecule has 1 aliphatic heterocycles. The quantitative estimate of drug-likeness (QED) is 0.154. The molecule has 44 heavy (non-hydrogen) atoms. The van der Waals surface area contributed by atoms with Crippen molar-refractivity contribution in [2.24, 2.45) is 5.92 Å². The monoisotopic (exact) mass is 614 g/mol. The predicted molar refractivity (Wildman–Crippen MR) is 175 cm³/mol.